The van der Waals surface area contributed by atoms with E-state index in [9.17, 15) is 0 Å². The Kier molecular flexibility index (Phi) is 8.06. The quantitative estimate of drug-likeness (QED) is 0.158. The van der Waals surface area contributed by atoms with E-state index in [1.807, 2.05) is 0 Å². The lowest BCUT2D eigenvalue weighted by Crippen LogP contribution is -2.14. The fourth-order valence-corrected chi connectivity index (χ4v) is 11.8. The van der Waals surface area contributed by atoms with Gasteiger partial charge >= 0.3 is 0 Å². The van der Waals surface area contributed by atoms with Gasteiger partial charge in [-0.25, -0.2) is 0 Å². The van der Waals surface area contributed by atoms with Crippen LogP contribution in [-0.4, -0.2) is 4.57 Å². The van der Waals surface area contributed by atoms with Crippen LogP contribution in [0.2, 0.25) is 0 Å². The van der Waals surface area contributed by atoms with Gasteiger partial charge in [0, 0.05) is 54.9 Å². The number of nitrogens with zero attached hydrogens (tertiary/aromatic N) is 1. The maximum atomic E-state index is 7.03. The smallest absolute Gasteiger partial charge is 0.143 e. The first-order valence-corrected chi connectivity index (χ1v) is 23.3. The zero-order chi connectivity index (χ0) is 44.4. The van der Waals surface area contributed by atoms with E-state index < -0.39 is 0 Å². The van der Waals surface area contributed by atoms with E-state index in [0.717, 1.165) is 38.6 Å². The molecule has 2 aromatic heterocycles. The lowest BCUT2D eigenvalue weighted by Gasteiger charge is -2.21. The molecule has 2 heteroatoms. The Morgan fingerprint density at radius 2 is 0.851 bits per heavy atom. The van der Waals surface area contributed by atoms with Crippen molar-refractivity contribution in [2.45, 2.75) is 19.3 Å². The molecule has 0 unspecified atom stereocenters. The molecule has 0 aliphatic heterocycles. The van der Waals surface area contributed by atoms with Crippen LogP contribution in [0.25, 0.3) is 127 Å². The van der Waals surface area contributed by atoms with Crippen molar-refractivity contribution < 1.29 is 4.42 Å². The molecule has 0 saturated heterocycles. The van der Waals surface area contributed by atoms with Crippen LogP contribution in [0.5, 0.6) is 0 Å². The van der Waals surface area contributed by atoms with Gasteiger partial charge in [-0.15, -0.1) is 0 Å². The van der Waals surface area contributed by atoms with Crippen molar-refractivity contribution in [1.29, 1.82) is 0 Å². The minimum Gasteiger partial charge on any atom is -0.455 e. The van der Waals surface area contributed by atoms with Crippen LogP contribution >= 0.6 is 0 Å². The van der Waals surface area contributed by atoms with Crippen LogP contribution in [0.4, 0.5) is 0 Å². The van der Waals surface area contributed by atoms with Crippen molar-refractivity contribution in [2.24, 2.45) is 0 Å². The Bertz CT molecular complexity index is 4110. The van der Waals surface area contributed by atoms with Gasteiger partial charge in [0.05, 0.1) is 11.0 Å². The fraction of sp³-hybridized carbons (Fsp3) is 0.0462. The summed E-state index contributed by atoms with van der Waals surface area (Å²) in [4.78, 5) is 0. The van der Waals surface area contributed by atoms with Crippen LogP contribution in [0.3, 0.4) is 0 Å². The van der Waals surface area contributed by atoms with E-state index in [1.165, 1.54) is 99.1 Å². The molecule has 0 bridgehead atoms. The average Bonchev–Trinajstić information content (AvgIpc) is 4.01. The number of aromatic nitrogens is 1. The molecule has 0 N–H and O–H groups in total. The van der Waals surface area contributed by atoms with Gasteiger partial charge in [-0.2, -0.15) is 0 Å². The molecule has 2 heterocycles. The summed E-state index contributed by atoms with van der Waals surface area (Å²) >= 11 is 0. The van der Waals surface area contributed by atoms with Crippen LogP contribution < -0.4 is 0 Å². The molecular weight excluding hydrogens is 811 g/mol. The third kappa shape index (κ3) is 5.45. The van der Waals surface area contributed by atoms with Gasteiger partial charge in [0.1, 0.15) is 11.2 Å². The Labute approximate surface area is 388 Å². The van der Waals surface area contributed by atoms with Crippen LogP contribution in [0.15, 0.2) is 229 Å². The third-order valence-corrected chi connectivity index (χ3v) is 14.8. The highest BCUT2D eigenvalue weighted by molar-refractivity contribution is 6.25. The lowest BCUT2D eigenvalue weighted by molar-refractivity contribution is 0.661. The molecule has 0 atom stereocenters. The Balaban J connectivity index is 0.961. The number of benzene rings is 11. The SMILES string of the molecule is CC1(C)c2ccc(-c3cccc(-c4c5ccccc5c(-c5cccc6c5oc5c(-c7ccccc7)cccc56)c5ccccc45)c3)cc2-c2c1ccc1c3ccccc3n(-c3ccccc3)c21. The summed E-state index contributed by atoms with van der Waals surface area (Å²) in [7, 11) is 0. The molecule has 1 aliphatic carbocycles. The van der Waals surface area contributed by atoms with E-state index in [1.54, 1.807) is 0 Å². The van der Waals surface area contributed by atoms with Crippen molar-refractivity contribution in [2.75, 3.05) is 0 Å². The molecule has 2 nitrogen and oxygen atoms in total. The van der Waals surface area contributed by atoms with Crippen molar-refractivity contribution in [1.82, 2.24) is 4.57 Å². The van der Waals surface area contributed by atoms with Gasteiger partial charge in [-0.1, -0.05) is 208 Å². The lowest BCUT2D eigenvalue weighted by atomic mass is 9.82. The molecule has 314 valence electrons. The molecule has 13 aromatic rings. The zero-order valence-electron chi connectivity index (χ0n) is 37.2. The molecule has 1 aliphatic rings. The molecule has 11 aromatic carbocycles. The second kappa shape index (κ2) is 14.3. The summed E-state index contributed by atoms with van der Waals surface area (Å²) in [6.45, 7) is 4.77. The van der Waals surface area contributed by atoms with Gasteiger partial charge in [-0.3, -0.25) is 0 Å². The third-order valence-electron chi connectivity index (χ3n) is 14.8. The Morgan fingerprint density at radius 1 is 0.328 bits per heavy atom. The highest BCUT2D eigenvalue weighted by Gasteiger charge is 2.38. The van der Waals surface area contributed by atoms with E-state index >= 15 is 0 Å². The average molecular weight is 854 g/mol. The van der Waals surface area contributed by atoms with Gasteiger partial charge in [0.25, 0.3) is 0 Å². The summed E-state index contributed by atoms with van der Waals surface area (Å²) in [5.41, 5.74) is 20.1. The summed E-state index contributed by atoms with van der Waals surface area (Å²) in [5, 5.41) is 9.64. The molecular formula is C65H43NO. The monoisotopic (exact) mass is 853 g/mol. The molecule has 0 radical (unpaired) electrons. The summed E-state index contributed by atoms with van der Waals surface area (Å²) in [6.07, 6.45) is 0. The molecule has 0 fully saturated rings. The van der Waals surface area contributed by atoms with Crippen molar-refractivity contribution >= 4 is 65.3 Å². The van der Waals surface area contributed by atoms with Gasteiger partial charge in [-0.05, 0) is 96.4 Å². The van der Waals surface area contributed by atoms with Gasteiger partial charge in [0.2, 0.25) is 0 Å². The van der Waals surface area contributed by atoms with Gasteiger partial charge in [0.15, 0.2) is 0 Å². The van der Waals surface area contributed by atoms with Crippen LogP contribution in [-0.2, 0) is 5.41 Å². The number of para-hydroxylation sites is 4. The first-order valence-electron chi connectivity index (χ1n) is 23.3. The number of rotatable bonds is 5. The fourth-order valence-electron chi connectivity index (χ4n) is 11.8. The molecule has 0 spiro atoms. The molecule has 67 heavy (non-hydrogen) atoms. The van der Waals surface area contributed by atoms with E-state index in [4.69, 9.17) is 4.42 Å². The minimum atomic E-state index is -0.159. The van der Waals surface area contributed by atoms with Crippen molar-refractivity contribution in [3.8, 4) is 61.3 Å². The predicted octanol–water partition coefficient (Wildman–Crippen LogP) is 18.0. The number of fused-ring (bicyclic) bond motifs is 12. The molecule has 14 rings (SSSR count). The zero-order valence-corrected chi connectivity index (χ0v) is 37.2. The highest BCUT2D eigenvalue weighted by atomic mass is 16.3. The van der Waals surface area contributed by atoms with E-state index in [2.05, 4.69) is 243 Å². The Hall–Kier alpha value is -8.46. The maximum Gasteiger partial charge on any atom is 0.143 e. The normalized spacial score (nSPS) is 13.0. The van der Waals surface area contributed by atoms with Crippen molar-refractivity contribution in [3.05, 3.63) is 236 Å². The molecule has 0 amide bonds. The van der Waals surface area contributed by atoms with Crippen LogP contribution in [0.1, 0.15) is 25.0 Å². The first kappa shape index (κ1) is 37.9. The van der Waals surface area contributed by atoms with Crippen molar-refractivity contribution in [3.63, 3.8) is 0 Å². The maximum absolute atomic E-state index is 7.03. The highest BCUT2D eigenvalue weighted by Crippen LogP contribution is 2.54. The Morgan fingerprint density at radius 3 is 1.57 bits per heavy atom. The second-order valence-corrected chi connectivity index (χ2v) is 18.7. The summed E-state index contributed by atoms with van der Waals surface area (Å²) < 4.78 is 9.52. The van der Waals surface area contributed by atoms with Gasteiger partial charge < -0.3 is 8.98 Å². The summed E-state index contributed by atoms with van der Waals surface area (Å²) in [6, 6.07) is 82.4. The minimum absolute atomic E-state index is 0.159. The van der Waals surface area contributed by atoms with Crippen LogP contribution in [0, 0.1) is 0 Å². The number of hydrogen-bond acceptors (Lipinski definition) is 1. The topological polar surface area (TPSA) is 18.1 Å². The van der Waals surface area contributed by atoms with E-state index in [0.29, 0.717) is 0 Å². The second-order valence-electron chi connectivity index (χ2n) is 18.7. The standard InChI is InChI=1S/C65H43NO/c1-65(2)56-36-34-42(39-55(56)61-57(65)37-35-51-46-24-13-14-33-58(46)66(62(51)61)44-22-7-4-8-23-44)41-20-15-21-43(38-41)59-47-25-9-11-27-49(47)60(50-28-12-10-26-48(50)59)54-32-17-31-53-52-30-16-29-45(63(52)67-64(53)54)40-18-5-3-6-19-40/h3-39H,1-2H3. The largest absolute Gasteiger partial charge is 0.455 e. The van der Waals surface area contributed by atoms with E-state index in [-0.39, 0.29) is 5.41 Å². The predicted molar refractivity (Wildman–Crippen MR) is 282 cm³/mol. The molecule has 0 saturated carbocycles. The first-order chi connectivity index (χ1) is 33.0. The summed E-state index contributed by atoms with van der Waals surface area (Å²) in [5.74, 6) is 0. The number of furan rings is 1. The number of hydrogen-bond donors (Lipinski definition) is 0.